The van der Waals surface area contributed by atoms with Crippen molar-refractivity contribution in [3.63, 3.8) is 0 Å². The van der Waals surface area contributed by atoms with Gasteiger partial charge in [0.2, 0.25) is 0 Å². The molecule has 0 fully saturated rings. The van der Waals surface area contributed by atoms with E-state index in [0.717, 1.165) is 64.2 Å². The summed E-state index contributed by atoms with van der Waals surface area (Å²) in [5.74, 6) is -0.914. The van der Waals surface area contributed by atoms with Crippen LogP contribution >= 0.6 is 0 Å². The molecule has 3 nitrogen and oxygen atoms in total. The summed E-state index contributed by atoms with van der Waals surface area (Å²) in [7, 11) is 0. The molecule has 0 radical (unpaired) electrons. The first kappa shape index (κ1) is 27.6. The normalized spacial score (nSPS) is 12.9. The average molecular weight is 407 g/mol. The van der Waals surface area contributed by atoms with E-state index in [1.807, 2.05) is 26.0 Å². The highest BCUT2D eigenvalue weighted by Crippen LogP contribution is 2.20. The minimum atomic E-state index is -0.313. The fourth-order valence-electron chi connectivity index (χ4n) is 3.66. The van der Waals surface area contributed by atoms with Crippen molar-refractivity contribution in [2.75, 3.05) is 0 Å². The zero-order valence-corrected chi connectivity index (χ0v) is 19.3. The summed E-state index contributed by atoms with van der Waals surface area (Å²) in [6, 6.07) is 0. The Labute approximate surface area is 180 Å². The van der Waals surface area contributed by atoms with Gasteiger partial charge in [0.25, 0.3) is 0 Å². The van der Waals surface area contributed by atoms with Crippen molar-refractivity contribution < 1.29 is 14.3 Å². The van der Waals surface area contributed by atoms with E-state index in [0.29, 0.717) is 0 Å². The second kappa shape index (κ2) is 19.9. The van der Waals surface area contributed by atoms with Gasteiger partial charge in [-0.05, 0) is 51.4 Å². The summed E-state index contributed by atoms with van der Waals surface area (Å²) < 4.78 is 5.28. The van der Waals surface area contributed by atoms with Crippen molar-refractivity contribution in [2.24, 2.45) is 11.8 Å². The third-order valence-corrected chi connectivity index (χ3v) is 5.78. The molecule has 0 heterocycles. The standard InChI is InChI=1S/C26H46O3/c1-5-9-11-13-15-17-19-21-23(7-3)25(27)29-26(28)24(8-4)22-20-18-16-14-12-10-6-2/h5-6,23-24H,1-2,7-22H2,3-4H3. The molecule has 0 aliphatic heterocycles. The molecule has 29 heavy (non-hydrogen) atoms. The molecule has 0 aromatic heterocycles. The molecule has 0 bridgehead atoms. The zero-order valence-electron chi connectivity index (χ0n) is 19.3. The third kappa shape index (κ3) is 15.2. The van der Waals surface area contributed by atoms with E-state index in [1.165, 1.54) is 38.5 Å². The smallest absolute Gasteiger partial charge is 0.316 e. The first-order valence-corrected chi connectivity index (χ1v) is 12.1. The van der Waals surface area contributed by atoms with Crippen molar-refractivity contribution in [3.8, 4) is 0 Å². The maximum Gasteiger partial charge on any atom is 0.316 e. The van der Waals surface area contributed by atoms with E-state index in [-0.39, 0.29) is 23.8 Å². The molecule has 168 valence electrons. The molecule has 0 aromatic rings. The second-order valence-electron chi connectivity index (χ2n) is 8.22. The topological polar surface area (TPSA) is 43.4 Å². The second-order valence-corrected chi connectivity index (χ2v) is 8.22. The van der Waals surface area contributed by atoms with Crippen molar-refractivity contribution in [1.29, 1.82) is 0 Å². The molecule has 0 saturated carbocycles. The minimum absolute atomic E-state index is 0.144. The van der Waals surface area contributed by atoms with Gasteiger partial charge in [-0.15, -0.1) is 13.2 Å². The van der Waals surface area contributed by atoms with Gasteiger partial charge in [-0.2, -0.15) is 0 Å². The number of rotatable bonds is 20. The Hall–Kier alpha value is -1.38. The van der Waals surface area contributed by atoms with Gasteiger partial charge in [0.05, 0.1) is 11.8 Å². The maximum absolute atomic E-state index is 12.4. The van der Waals surface area contributed by atoms with E-state index in [1.54, 1.807) is 0 Å². The number of esters is 2. The Bertz CT molecular complexity index is 401. The molecule has 3 heteroatoms. The van der Waals surface area contributed by atoms with Crippen LogP contribution < -0.4 is 0 Å². The van der Waals surface area contributed by atoms with Gasteiger partial charge < -0.3 is 4.74 Å². The van der Waals surface area contributed by atoms with Crippen LogP contribution in [-0.4, -0.2) is 11.9 Å². The third-order valence-electron chi connectivity index (χ3n) is 5.78. The molecule has 2 unspecified atom stereocenters. The Morgan fingerprint density at radius 2 is 1.00 bits per heavy atom. The number of carbonyl (C=O) groups excluding carboxylic acids is 2. The summed E-state index contributed by atoms with van der Waals surface area (Å²) in [5.41, 5.74) is 0. The fraction of sp³-hybridized carbons (Fsp3) is 0.769. The minimum Gasteiger partial charge on any atom is -0.393 e. The van der Waals surface area contributed by atoms with Crippen molar-refractivity contribution >= 4 is 11.9 Å². The Kier molecular flexibility index (Phi) is 19.0. The highest BCUT2D eigenvalue weighted by atomic mass is 16.6. The van der Waals surface area contributed by atoms with Gasteiger partial charge in [0.1, 0.15) is 0 Å². The first-order valence-electron chi connectivity index (χ1n) is 12.1. The van der Waals surface area contributed by atoms with Crippen molar-refractivity contribution in [2.45, 2.75) is 117 Å². The lowest BCUT2D eigenvalue weighted by atomic mass is 9.96. The van der Waals surface area contributed by atoms with Crippen LogP contribution in [0.5, 0.6) is 0 Å². The van der Waals surface area contributed by atoms with E-state index in [2.05, 4.69) is 13.2 Å². The van der Waals surface area contributed by atoms with Gasteiger partial charge in [0, 0.05) is 0 Å². The van der Waals surface area contributed by atoms with Crippen LogP contribution in [0.25, 0.3) is 0 Å². The number of ether oxygens (including phenoxy) is 1. The van der Waals surface area contributed by atoms with Crippen LogP contribution in [0.3, 0.4) is 0 Å². The summed E-state index contributed by atoms with van der Waals surface area (Å²) in [5, 5.41) is 0. The average Bonchev–Trinajstić information content (AvgIpc) is 2.72. The molecule has 0 rings (SSSR count). The maximum atomic E-state index is 12.4. The highest BCUT2D eigenvalue weighted by Gasteiger charge is 2.25. The summed E-state index contributed by atoms with van der Waals surface area (Å²) in [6.07, 6.45) is 20.8. The van der Waals surface area contributed by atoms with Crippen LogP contribution in [-0.2, 0) is 14.3 Å². The lowest BCUT2D eigenvalue weighted by Gasteiger charge is -2.17. The monoisotopic (exact) mass is 406 g/mol. The number of hydrogen-bond acceptors (Lipinski definition) is 3. The largest absolute Gasteiger partial charge is 0.393 e. The van der Waals surface area contributed by atoms with Crippen molar-refractivity contribution in [3.05, 3.63) is 25.3 Å². The molecule has 0 aliphatic carbocycles. The Balaban J connectivity index is 4.08. The first-order chi connectivity index (χ1) is 14.1. The predicted molar refractivity (Wildman–Crippen MR) is 124 cm³/mol. The Morgan fingerprint density at radius 3 is 1.34 bits per heavy atom. The number of hydrogen-bond donors (Lipinski definition) is 0. The summed E-state index contributed by atoms with van der Waals surface area (Å²) in [4.78, 5) is 24.8. The summed E-state index contributed by atoms with van der Waals surface area (Å²) >= 11 is 0. The predicted octanol–water partition coefficient (Wildman–Crippen LogP) is 7.94. The van der Waals surface area contributed by atoms with Crippen LogP contribution in [0.1, 0.15) is 117 Å². The summed E-state index contributed by atoms with van der Waals surface area (Å²) in [6.45, 7) is 11.5. The molecule has 0 N–H and O–H groups in total. The van der Waals surface area contributed by atoms with Gasteiger partial charge >= 0.3 is 11.9 Å². The molecule has 0 aromatic carbocycles. The Morgan fingerprint density at radius 1 is 0.655 bits per heavy atom. The number of unbranched alkanes of at least 4 members (excludes halogenated alkanes) is 10. The van der Waals surface area contributed by atoms with Gasteiger partial charge in [-0.25, -0.2) is 0 Å². The van der Waals surface area contributed by atoms with Crippen molar-refractivity contribution in [1.82, 2.24) is 0 Å². The molecule has 2 atom stereocenters. The highest BCUT2D eigenvalue weighted by molar-refractivity contribution is 5.87. The van der Waals surface area contributed by atoms with E-state index in [4.69, 9.17) is 4.74 Å². The molecular weight excluding hydrogens is 360 g/mol. The van der Waals surface area contributed by atoms with Gasteiger partial charge in [-0.1, -0.05) is 77.4 Å². The number of carbonyl (C=O) groups is 2. The van der Waals surface area contributed by atoms with Gasteiger partial charge in [-0.3, -0.25) is 9.59 Å². The molecule has 0 saturated heterocycles. The van der Waals surface area contributed by atoms with E-state index in [9.17, 15) is 9.59 Å². The van der Waals surface area contributed by atoms with Crippen LogP contribution in [0.4, 0.5) is 0 Å². The molecular formula is C26H46O3. The van der Waals surface area contributed by atoms with E-state index < -0.39 is 0 Å². The lowest BCUT2D eigenvalue weighted by Crippen LogP contribution is -2.25. The SMILES string of the molecule is C=CCCCCCCCC(CC)C(=O)OC(=O)C(CC)CCCCCCCC=C. The lowest BCUT2D eigenvalue weighted by molar-refractivity contribution is -0.166. The quantitative estimate of drug-likeness (QED) is 0.0891. The van der Waals surface area contributed by atoms with E-state index >= 15 is 0 Å². The zero-order chi connectivity index (χ0) is 21.7. The molecule has 0 amide bonds. The fourth-order valence-corrected chi connectivity index (χ4v) is 3.66. The number of allylic oxidation sites excluding steroid dienone is 2. The molecule has 0 spiro atoms. The van der Waals surface area contributed by atoms with Gasteiger partial charge in [0.15, 0.2) is 0 Å². The van der Waals surface area contributed by atoms with Crippen LogP contribution in [0.15, 0.2) is 25.3 Å². The molecule has 0 aliphatic rings. The van der Waals surface area contributed by atoms with Crippen LogP contribution in [0.2, 0.25) is 0 Å². The van der Waals surface area contributed by atoms with Crippen LogP contribution in [0, 0.1) is 11.8 Å².